The maximum Gasteiger partial charge on any atom is 0.223 e. The van der Waals surface area contributed by atoms with Gasteiger partial charge in [-0.1, -0.05) is 55.3 Å². The third-order valence-electron chi connectivity index (χ3n) is 5.78. The van der Waals surface area contributed by atoms with Gasteiger partial charge in [0, 0.05) is 19.0 Å². The summed E-state index contributed by atoms with van der Waals surface area (Å²) < 4.78 is 32.7. The third-order valence-corrected chi connectivity index (χ3v) is 7.63. The van der Waals surface area contributed by atoms with E-state index < -0.39 is 10.0 Å². The van der Waals surface area contributed by atoms with E-state index in [-0.39, 0.29) is 17.6 Å². The van der Waals surface area contributed by atoms with Gasteiger partial charge in [-0.25, -0.2) is 12.7 Å². The molecule has 1 N–H and O–H groups in total. The van der Waals surface area contributed by atoms with Crippen LogP contribution in [0.4, 0.5) is 0 Å². The second-order valence-electron chi connectivity index (χ2n) is 8.45. The number of amides is 1. The minimum absolute atomic E-state index is 0.00229. The second-order valence-corrected chi connectivity index (χ2v) is 10.4. The van der Waals surface area contributed by atoms with Crippen molar-refractivity contribution in [2.45, 2.75) is 45.3 Å². The number of sulfonamides is 1. The van der Waals surface area contributed by atoms with Crippen LogP contribution in [-0.2, 0) is 27.0 Å². The quantitative estimate of drug-likeness (QED) is 0.551. The van der Waals surface area contributed by atoms with Crippen molar-refractivity contribution in [3.05, 3.63) is 65.2 Å². The Hall–Kier alpha value is -2.38. The number of nitrogens with one attached hydrogen (secondary N) is 1. The number of hydrogen-bond acceptors (Lipinski definition) is 4. The Morgan fingerprint density at radius 1 is 1.09 bits per heavy atom. The number of ether oxygens (including phenoxy) is 1. The van der Waals surface area contributed by atoms with Crippen molar-refractivity contribution in [2.75, 3.05) is 26.2 Å². The Labute approximate surface area is 192 Å². The first-order valence-electron chi connectivity index (χ1n) is 11.4. The first kappa shape index (κ1) is 24.3. The third kappa shape index (κ3) is 7.07. The summed E-state index contributed by atoms with van der Waals surface area (Å²) in [6.07, 6.45) is 3.25. The van der Waals surface area contributed by atoms with Gasteiger partial charge in [-0.15, -0.1) is 0 Å². The minimum atomic E-state index is -3.38. The van der Waals surface area contributed by atoms with E-state index in [1.807, 2.05) is 43.3 Å². The highest BCUT2D eigenvalue weighted by Gasteiger charge is 2.31. The first-order valence-corrected chi connectivity index (χ1v) is 13.0. The SMILES string of the molecule is CCCc1ccc(OCCNC(=O)C2CCN(S(=O)(=O)Cc3cccc(C)c3)CC2)cc1. The largest absolute Gasteiger partial charge is 0.492 e. The number of nitrogens with zero attached hydrogens (tertiary/aromatic N) is 1. The summed E-state index contributed by atoms with van der Waals surface area (Å²) in [5, 5.41) is 2.92. The van der Waals surface area contributed by atoms with Gasteiger partial charge in [0.1, 0.15) is 12.4 Å². The molecule has 7 heteroatoms. The molecule has 0 atom stereocenters. The van der Waals surface area contributed by atoms with E-state index in [4.69, 9.17) is 4.74 Å². The fourth-order valence-electron chi connectivity index (χ4n) is 4.03. The predicted molar refractivity (Wildman–Crippen MR) is 127 cm³/mol. The molecule has 0 bridgehead atoms. The summed E-state index contributed by atoms with van der Waals surface area (Å²) >= 11 is 0. The van der Waals surface area contributed by atoms with Crippen LogP contribution in [0.15, 0.2) is 48.5 Å². The van der Waals surface area contributed by atoms with Crippen LogP contribution in [0.3, 0.4) is 0 Å². The van der Waals surface area contributed by atoms with Crippen LogP contribution in [0.5, 0.6) is 5.75 Å². The molecule has 0 radical (unpaired) electrons. The van der Waals surface area contributed by atoms with E-state index in [1.165, 1.54) is 9.87 Å². The van der Waals surface area contributed by atoms with Gasteiger partial charge in [0.25, 0.3) is 0 Å². The Morgan fingerprint density at radius 2 is 1.81 bits per heavy atom. The van der Waals surface area contributed by atoms with Gasteiger partial charge >= 0.3 is 0 Å². The van der Waals surface area contributed by atoms with Crippen molar-refractivity contribution < 1.29 is 17.9 Å². The topological polar surface area (TPSA) is 75.7 Å². The van der Waals surface area contributed by atoms with Crippen LogP contribution in [-0.4, -0.2) is 44.9 Å². The van der Waals surface area contributed by atoms with Crippen molar-refractivity contribution >= 4 is 15.9 Å². The molecule has 2 aromatic carbocycles. The van der Waals surface area contributed by atoms with E-state index in [0.717, 1.165) is 29.7 Å². The lowest BCUT2D eigenvalue weighted by Gasteiger charge is -2.30. The Morgan fingerprint density at radius 3 is 2.47 bits per heavy atom. The smallest absolute Gasteiger partial charge is 0.223 e. The molecule has 1 aliphatic heterocycles. The van der Waals surface area contributed by atoms with E-state index in [2.05, 4.69) is 24.4 Å². The monoisotopic (exact) mass is 458 g/mol. The number of rotatable bonds is 10. The van der Waals surface area contributed by atoms with Crippen LogP contribution < -0.4 is 10.1 Å². The molecule has 1 heterocycles. The zero-order valence-electron chi connectivity index (χ0n) is 19.0. The van der Waals surface area contributed by atoms with Crippen LogP contribution in [0.1, 0.15) is 42.9 Å². The van der Waals surface area contributed by atoms with Crippen molar-refractivity contribution in [1.29, 1.82) is 0 Å². The van der Waals surface area contributed by atoms with Crippen LogP contribution in [0.25, 0.3) is 0 Å². The molecule has 0 saturated carbocycles. The van der Waals surface area contributed by atoms with E-state index >= 15 is 0 Å². The minimum Gasteiger partial charge on any atom is -0.492 e. The van der Waals surface area contributed by atoms with Crippen molar-refractivity contribution in [2.24, 2.45) is 5.92 Å². The molecular weight excluding hydrogens is 424 g/mol. The van der Waals surface area contributed by atoms with Crippen molar-refractivity contribution in [1.82, 2.24) is 9.62 Å². The highest BCUT2D eigenvalue weighted by Crippen LogP contribution is 2.22. The van der Waals surface area contributed by atoms with Crippen LogP contribution in [0.2, 0.25) is 0 Å². The van der Waals surface area contributed by atoms with E-state index in [1.54, 1.807) is 0 Å². The molecule has 0 aromatic heterocycles. The zero-order valence-corrected chi connectivity index (χ0v) is 19.9. The molecule has 1 amide bonds. The fourth-order valence-corrected chi connectivity index (χ4v) is 5.58. The molecule has 3 rings (SSSR count). The molecule has 32 heavy (non-hydrogen) atoms. The van der Waals surface area contributed by atoms with Gasteiger partial charge in [-0.2, -0.15) is 0 Å². The average Bonchev–Trinajstić information content (AvgIpc) is 2.78. The van der Waals surface area contributed by atoms with Gasteiger partial charge in [-0.05, 0) is 49.4 Å². The average molecular weight is 459 g/mol. The molecule has 0 unspecified atom stereocenters. The summed E-state index contributed by atoms with van der Waals surface area (Å²) in [4.78, 5) is 12.5. The number of carbonyl (C=O) groups is 1. The lowest BCUT2D eigenvalue weighted by atomic mass is 9.97. The zero-order chi connectivity index (χ0) is 23.0. The van der Waals surface area contributed by atoms with E-state index in [9.17, 15) is 13.2 Å². The van der Waals surface area contributed by atoms with E-state index in [0.29, 0.717) is 39.1 Å². The van der Waals surface area contributed by atoms with Gasteiger partial charge < -0.3 is 10.1 Å². The van der Waals surface area contributed by atoms with Gasteiger partial charge in [0.2, 0.25) is 15.9 Å². The number of hydrogen-bond donors (Lipinski definition) is 1. The maximum absolute atomic E-state index is 12.8. The highest BCUT2D eigenvalue weighted by molar-refractivity contribution is 7.88. The number of piperidine rings is 1. The summed E-state index contributed by atoms with van der Waals surface area (Å²) in [5.74, 6) is 0.616. The standard InChI is InChI=1S/C25H34N2O4S/c1-3-5-21-8-10-24(11-9-21)31-17-14-26-25(28)23-12-15-27(16-13-23)32(29,30)19-22-7-4-6-20(2)18-22/h4,6-11,18,23H,3,5,12-17,19H2,1-2H3,(H,26,28). The number of aryl methyl sites for hydroxylation is 2. The maximum atomic E-state index is 12.8. The molecule has 1 aliphatic rings. The van der Waals surface area contributed by atoms with Crippen LogP contribution >= 0.6 is 0 Å². The Kier molecular flexibility index (Phi) is 8.70. The van der Waals surface area contributed by atoms with Crippen molar-refractivity contribution in [3.8, 4) is 5.75 Å². The fraction of sp³-hybridized carbons (Fsp3) is 0.480. The summed E-state index contributed by atoms with van der Waals surface area (Å²) in [5.41, 5.74) is 3.14. The first-order chi connectivity index (χ1) is 15.4. The molecule has 1 fully saturated rings. The highest BCUT2D eigenvalue weighted by atomic mass is 32.2. The summed E-state index contributed by atoms with van der Waals surface area (Å²) in [6.45, 7) is 5.71. The Balaban J connectivity index is 1.38. The summed E-state index contributed by atoms with van der Waals surface area (Å²) in [7, 11) is -3.38. The Bertz CT molecular complexity index is 981. The van der Waals surface area contributed by atoms with Crippen LogP contribution in [0, 0.1) is 12.8 Å². The van der Waals surface area contributed by atoms with Gasteiger partial charge in [0.15, 0.2) is 0 Å². The van der Waals surface area contributed by atoms with Crippen molar-refractivity contribution in [3.63, 3.8) is 0 Å². The molecule has 0 spiro atoms. The molecular formula is C25H34N2O4S. The second kappa shape index (κ2) is 11.5. The van der Waals surface area contributed by atoms with Gasteiger partial charge in [0.05, 0.1) is 12.3 Å². The number of benzene rings is 2. The molecule has 2 aromatic rings. The molecule has 6 nitrogen and oxygen atoms in total. The predicted octanol–water partition coefficient (Wildman–Crippen LogP) is 3.68. The molecule has 0 aliphatic carbocycles. The molecule has 1 saturated heterocycles. The number of carbonyl (C=O) groups excluding carboxylic acids is 1. The normalized spacial score (nSPS) is 15.4. The molecule has 174 valence electrons. The lowest BCUT2D eigenvalue weighted by Crippen LogP contribution is -2.43. The van der Waals surface area contributed by atoms with Gasteiger partial charge in [-0.3, -0.25) is 4.79 Å². The summed E-state index contributed by atoms with van der Waals surface area (Å²) in [6, 6.07) is 15.6. The lowest BCUT2D eigenvalue weighted by molar-refractivity contribution is -0.126.